The molecule has 0 aliphatic carbocycles. The average molecular weight is 276 g/mol. The lowest BCUT2D eigenvalue weighted by Gasteiger charge is -2.10. The number of carbonyl (C=O) groups is 1. The average Bonchev–Trinajstić information content (AvgIpc) is 2.78. The molecule has 0 bridgehead atoms. The molecule has 0 unspecified atom stereocenters. The first-order valence-electron chi connectivity index (χ1n) is 6.05. The third-order valence-electron chi connectivity index (χ3n) is 2.33. The number of nitrogens with one attached hydrogen (secondary N) is 1. The summed E-state index contributed by atoms with van der Waals surface area (Å²) in [5.41, 5.74) is 0.743. The molecule has 1 aromatic heterocycles. The van der Waals surface area contributed by atoms with Crippen LogP contribution in [0.4, 0.5) is 5.69 Å². The Bertz CT molecular complexity index is 561. The van der Waals surface area contributed by atoms with Gasteiger partial charge in [0.15, 0.2) is 0 Å². The van der Waals surface area contributed by atoms with Gasteiger partial charge in [0, 0.05) is 5.69 Å². The number of hydrogen-bond acceptors (Lipinski definition) is 4. The van der Waals surface area contributed by atoms with Gasteiger partial charge in [-0.15, -0.1) is 11.3 Å². The van der Waals surface area contributed by atoms with Gasteiger partial charge >= 0.3 is 0 Å². The molecule has 1 aromatic carbocycles. The molecule has 4 nitrogen and oxygen atoms in total. The lowest BCUT2D eigenvalue weighted by atomic mass is 10.3. The highest BCUT2D eigenvalue weighted by Gasteiger charge is 2.09. The lowest BCUT2D eigenvalue weighted by molar-refractivity contribution is 0.103. The van der Waals surface area contributed by atoms with Gasteiger partial charge in [-0.1, -0.05) is 0 Å². The second-order valence-corrected chi connectivity index (χ2v) is 5.62. The summed E-state index contributed by atoms with van der Waals surface area (Å²) >= 11 is 1.38. The van der Waals surface area contributed by atoms with E-state index in [9.17, 15) is 4.79 Å². The number of amides is 1. The van der Waals surface area contributed by atoms with Crippen molar-refractivity contribution in [3.05, 3.63) is 40.3 Å². The molecule has 2 rings (SSSR count). The second kappa shape index (κ2) is 5.84. The lowest BCUT2D eigenvalue weighted by Crippen LogP contribution is -2.10. The quantitative estimate of drug-likeness (QED) is 0.930. The molecule has 0 aliphatic rings. The highest BCUT2D eigenvalue weighted by Crippen LogP contribution is 2.19. The van der Waals surface area contributed by atoms with Gasteiger partial charge in [0.05, 0.1) is 17.3 Å². The third kappa shape index (κ3) is 3.79. The molecule has 1 N–H and O–H groups in total. The van der Waals surface area contributed by atoms with Crippen molar-refractivity contribution < 1.29 is 9.53 Å². The Kier molecular flexibility index (Phi) is 4.16. The SMILES string of the molecule is Cc1ncc(C(=O)Nc2ccc(OC(C)C)cc2)s1. The zero-order valence-corrected chi connectivity index (χ0v) is 12.0. The van der Waals surface area contributed by atoms with Crippen LogP contribution in [0.15, 0.2) is 30.5 Å². The summed E-state index contributed by atoms with van der Waals surface area (Å²) < 4.78 is 5.54. The number of nitrogens with zero attached hydrogens (tertiary/aromatic N) is 1. The number of aromatic nitrogens is 1. The summed E-state index contributed by atoms with van der Waals surface area (Å²) in [6.07, 6.45) is 1.73. The molecule has 2 aromatic rings. The maximum atomic E-state index is 11.9. The zero-order valence-electron chi connectivity index (χ0n) is 11.1. The molecule has 100 valence electrons. The van der Waals surface area contributed by atoms with Crippen LogP contribution < -0.4 is 10.1 Å². The topological polar surface area (TPSA) is 51.2 Å². The Morgan fingerprint density at radius 1 is 1.32 bits per heavy atom. The first kappa shape index (κ1) is 13.5. The minimum atomic E-state index is -0.136. The van der Waals surface area contributed by atoms with E-state index in [1.807, 2.05) is 45.0 Å². The molecule has 19 heavy (non-hydrogen) atoms. The van der Waals surface area contributed by atoms with Crippen molar-refractivity contribution in [1.29, 1.82) is 0 Å². The van der Waals surface area contributed by atoms with Crippen molar-refractivity contribution in [3.8, 4) is 5.75 Å². The van der Waals surface area contributed by atoms with Crippen molar-refractivity contribution in [2.75, 3.05) is 5.32 Å². The molecule has 0 saturated heterocycles. The summed E-state index contributed by atoms with van der Waals surface area (Å²) in [4.78, 5) is 16.6. The fourth-order valence-corrected chi connectivity index (χ4v) is 2.22. The fraction of sp³-hybridized carbons (Fsp3) is 0.286. The largest absolute Gasteiger partial charge is 0.491 e. The van der Waals surface area contributed by atoms with Gasteiger partial charge in [-0.3, -0.25) is 4.79 Å². The van der Waals surface area contributed by atoms with Crippen molar-refractivity contribution in [2.45, 2.75) is 26.9 Å². The number of benzene rings is 1. The molecular formula is C14H16N2O2S. The van der Waals surface area contributed by atoms with E-state index in [0.717, 1.165) is 16.4 Å². The van der Waals surface area contributed by atoms with E-state index in [4.69, 9.17) is 4.74 Å². The fourth-order valence-electron chi connectivity index (χ4n) is 1.55. The Hall–Kier alpha value is -1.88. The van der Waals surface area contributed by atoms with E-state index in [2.05, 4.69) is 10.3 Å². The highest BCUT2D eigenvalue weighted by molar-refractivity contribution is 7.13. The summed E-state index contributed by atoms with van der Waals surface area (Å²) in [5.74, 6) is 0.657. The van der Waals surface area contributed by atoms with Gasteiger partial charge < -0.3 is 10.1 Å². The summed E-state index contributed by atoms with van der Waals surface area (Å²) in [6, 6.07) is 7.33. The van der Waals surface area contributed by atoms with E-state index in [1.165, 1.54) is 11.3 Å². The van der Waals surface area contributed by atoms with Crippen LogP contribution in [0.25, 0.3) is 0 Å². The molecule has 0 saturated carbocycles. The molecule has 0 radical (unpaired) electrons. The molecule has 1 amide bonds. The summed E-state index contributed by atoms with van der Waals surface area (Å²) in [7, 11) is 0. The van der Waals surface area contributed by atoms with Crippen LogP contribution in [0.3, 0.4) is 0 Å². The molecular weight excluding hydrogens is 260 g/mol. The summed E-state index contributed by atoms with van der Waals surface area (Å²) in [6.45, 7) is 5.82. The van der Waals surface area contributed by atoms with Crippen LogP contribution in [0.5, 0.6) is 5.75 Å². The van der Waals surface area contributed by atoms with Gasteiger partial charge in [0.1, 0.15) is 10.6 Å². The van der Waals surface area contributed by atoms with E-state index in [1.54, 1.807) is 6.20 Å². The van der Waals surface area contributed by atoms with E-state index in [0.29, 0.717) is 4.88 Å². The predicted molar refractivity (Wildman–Crippen MR) is 77.0 cm³/mol. The predicted octanol–water partition coefficient (Wildman–Crippen LogP) is 3.49. The minimum Gasteiger partial charge on any atom is -0.491 e. The number of rotatable bonds is 4. The number of aryl methyl sites for hydroxylation is 1. The second-order valence-electron chi connectivity index (χ2n) is 4.39. The van der Waals surface area contributed by atoms with Gasteiger partial charge in [0.25, 0.3) is 5.91 Å². The molecule has 5 heteroatoms. The van der Waals surface area contributed by atoms with Crippen LogP contribution in [0.1, 0.15) is 28.5 Å². The Morgan fingerprint density at radius 2 is 2.00 bits per heavy atom. The first-order chi connectivity index (χ1) is 9.04. The third-order valence-corrected chi connectivity index (χ3v) is 3.24. The van der Waals surface area contributed by atoms with E-state index in [-0.39, 0.29) is 12.0 Å². The van der Waals surface area contributed by atoms with Crippen molar-refractivity contribution in [3.63, 3.8) is 0 Å². The van der Waals surface area contributed by atoms with Crippen molar-refractivity contribution in [2.24, 2.45) is 0 Å². The highest BCUT2D eigenvalue weighted by atomic mass is 32.1. The maximum Gasteiger partial charge on any atom is 0.267 e. The molecule has 0 spiro atoms. The normalized spacial score (nSPS) is 10.5. The van der Waals surface area contributed by atoms with Gasteiger partial charge in [-0.2, -0.15) is 0 Å². The standard InChI is InChI=1S/C14H16N2O2S/c1-9(2)18-12-6-4-11(5-7-12)16-14(17)13-8-15-10(3)19-13/h4-9H,1-3H3,(H,16,17). The van der Waals surface area contributed by atoms with Crippen molar-refractivity contribution >= 4 is 22.9 Å². The van der Waals surface area contributed by atoms with Gasteiger partial charge in [-0.25, -0.2) is 4.98 Å². The summed E-state index contributed by atoms with van der Waals surface area (Å²) in [5, 5.41) is 3.71. The Labute approximate surface area is 116 Å². The molecule has 0 fully saturated rings. The first-order valence-corrected chi connectivity index (χ1v) is 6.87. The Morgan fingerprint density at radius 3 is 2.53 bits per heavy atom. The van der Waals surface area contributed by atoms with Crippen LogP contribution >= 0.6 is 11.3 Å². The number of carbonyl (C=O) groups excluding carboxylic acids is 1. The smallest absolute Gasteiger partial charge is 0.267 e. The molecule has 1 heterocycles. The number of ether oxygens (including phenoxy) is 1. The van der Waals surface area contributed by atoms with E-state index < -0.39 is 0 Å². The molecule has 0 atom stereocenters. The zero-order chi connectivity index (χ0) is 13.8. The Balaban J connectivity index is 2.01. The van der Waals surface area contributed by atoms with Gasteiger partial charge in [0.2, 0.25) is 0 Å². The van der Waals surface area contributed by atoms with Crippen LogP contribution in [0.2, 0.25) is 0 Å². The van der Waals surface area contributed by atoms with Crippen LogP contribution in [0, 0.1) is 6.92 Å². The van der Waals surface area contributed by atoms with Crippen molar-refractivity contribution in [1.82, 2.24) is 4.98 Å². The number of hydrogen-bond donors (Lipinski definition) is 1. The number of anilines is 1. The van der Waals surface area contributed by atoms with Crippen LogP contribution in [-0.4, -0.2) is 17.0 Å². The van der Waals surface area contributed by atoms with E-state index >= 15 is 0 Å². The molecule has 0 aliphatic heterocycles. The monoisotopic (exact) mass is 276 g/mol. The number of thiazole rings is 1. The van der Waals surface area contributed by atoms with Crippen LogP contribution in [-0.2, 0) is 0 Å². The maximum absolute atomic E-state index is 11.9. The van der Waals surface area contributed by atoms with Gasteiger partial charge in [-0.05, 0) is 45.0 Å². The minimum absolute atomic E-state index is 0.136.